The van der Waals surface area contributed by atoms with E-state index in [0.717, 1.165) is 70.6 Å². The van der Waals surface area contributed by atoms with Crippen molar-refractivity contribution in [2.75, 3.05) is 6.61 Å². The lowest BCUT2D eigenvalue weighted by atomic mass is 10.0. The first kappa shape index (κ1) is 56.3. The van der Waals surface area contributed by atoms with Crippen LogP contribution in [-0.2, 0) is 14.3 Å². The van der Waals surface area contributed by atoms with Crippen LogP contribution in [0.4, 0.5) is 0 Å². The van der Waals surface area contributed by atoms with Gasteiger partial charge in [-0.15, -0.1) is 0 Å². The van der Waals surface area contributed by atoms with Gasteiger partial charge in [-0.2, -0.15) is 0 Å². The van der Waals surface area contributed by atoms with Crippen molar-refractivity contribution in [3.05, 3.63) is 72.9 Å². The molecule has 59 heavy (non-hydrogen) atoms. The maximum atomic E-state index is 13.1. The molecule has 0 fully saturated rings. The first-order valence-corrected chi connectivity index (χ1v) is 24.7. The van der Waals surface area contributed by atoms with Crippen LogP contribution < -0.4 is 5.32 Å². The normalized spacial score (nSPS) is 13.9. The summed E-state index contributed by atoms with van der Waals surface area (Å²) in [6.07, 6.45) is 58.5. The Morgan fingerprint density at radius 3 is 1.29 bits per heavy atom. The topological polar surface area (TPSA) is 95.9 Å². The molecule has 0 spiro atoms. The molecule has 0 radical (unpaired) electrons. The van der Waals surface area contributed by atoms with E-state index in [1.54, 1.807) is 6.08 Å². The molecule has 0 saturated carbocycles. The quantitative estimate of drug-likeness (QED) is 0.0323. The number of ether oxygens (including phenoxy) is 1. The van der Waals surface area contributed by atoms with Crippen molar-refractivity contribution in [1.82, 2.24) is 5.32 Å². The summed E-state index contributed by atoms with van der Waals surface area (Å²) >= 11 is 0. The Morgan fingerprint density at radius 2 is 0.881 bits per heavy atom. The molecule has 6 nitrogen and oxygen atoms in total. The number of amides is 1. The van der Waals surface area contributed by atoms with Crippen molar-refractivity contribution in [2.24, 2.45) is 0 Å². The molecule has 340 valence electrons. The fourth-order valence-corrected chi connectivity index (χ4v) is 7.07. The predicted molar refractivity (Wildman–Crippen MR) is 255 cm³/mol. The second-order valence-corrected chi connectivity index (χ2v) is 16.5. The monoisotopic (exact) mass is 824 g/mol. The fourth-order valence-electron chi connectivity index (χ4n) is 7.07. The van der Waals surface area contributed by atoms with Gasteiger partial charge in [-0.3, -0.25) is 9.59 Å². The molecule has 0 bridgehead atoms. The van der Waals surface area contributed by atoms with Gasteiger partial charge in [0.1, 0.15) is 6.10 Å². The SMILES string of the molecule is CC/C=C\C/C=C\C/C=C\C/C=C\C/C=C\C/C=C\C(CC(=O)NC(CO)C(O)CCCCCCCCCCCCCCC)OC(=O)CCCCCCCCCCCC. The minimum absolute atomic E-state index is 0.0477. The van der Waals surface area contributed by atoms with Crippen LogP contribution in [0.25, 0.3) is 0 Å². The maximum Gasteiger partial charge on any atom is 0.306 e. The zero-order valence-electron chi connectivity index (χ0n) is 38.6. The van der Waals surface area contributed by atoms with Gasteiger partial charge < -0.3 is 20.3 Å². The van der Waals surface area contributed by atoms with Crippen molar-refractivity contribution in [3.8, 4) is 0 Å². The number of unbranched alkanes of at least 4 members (excludes halogenated alkanes) is 21. The summed E-state index contributed by atoms with van der Waals surface area (Å²) in [6.45, 7) is 6.31. The molecule has 6 heteroatoms. The standard InChI is InChI=1S/C53H93NO5/c1-4-7-10-13-16-19-22-24-25-26-27-29-30-32-35-38-41-44-49(59-53(58)46-43-40-37-34-21-18-15-12-9-6-3)47-52(57)54-50(48-55)51(56)45-42-39-36-33-31-28-23-20-17-14-11-8-5-2/h7,10,16,19,24-25,27,29,32,35,41,44,49-51,55-56H,4-6,8-9,11-15,17-18,20-23,26,28,30-31,33-34,36-40,42-43,45-48H2,1-3H3,(H,54,57)/b10-7-,19-16-,25-24-,29-27-,35-32-,44-41-. The van der Waals surface area contributed by atoms with E-state index in [4.69, 9.17) is 4.74 Å². The molecule has 0 aliphatic rings. The van der Waals surface area contributed by atoms with E-state index in [9.17, 15) is 19.8 Å². The van der Waals surface area contributed by atoms with E-state index in [2.05, 4.69) is 86.8 Å². The third-order valence-electron chi connectivity index (χ3n) is 10.8. The van der Waals surface area contributed by atoms with Gasteiger partial charge in [0, 0.05) is 6.42 Å². The van der Waals surface area contributed by atoms with Gasteiger partial charge >= 0.3 is 5.97 Å². The Balaban J connectivity index is 4.76. The summed E-state index contributed by atoms with van der Waals surface area (Å²) in [5.74, 6) is -0.632. The van der Waals surface area contributed by atoms with E-state index < -0.39 is 18.2 Å². The van der Waals surface area contributed by atoms with E-state index in [-0.39, 0.29) is 24.9 Å². The average Bonchev–Trinajstić information content (AvgIpc) is 3.23. The van der Waals surface area contributed by atoms with E-state index >= 15 is 0 Å². The molecular weight excluding hydrogens is 731 g/mol. The molecule has 0 heterocycles. The molecule has 0 rings (SSSR count). The van der Waals surface area contributed by atoms with Gasteiger partial charge in [0.2, 0.25) is 5.91 Å². The smallest absolute Gasteiger partial charge is 0.306 e. The zero-order chi connectivity index (χ0) is 43.1. The first-order valence-electron chi connectivity index (χ1n) is 24.7. The lowest BCUT2D eigenvalue weighted by Gasteiger charge is -2.23. The molecule has 0 aliphatic heterocycles. The van der Waals surface area contributed by atoms with Gasteiger partial charge in [0.05, 0.1) is 25.2 Å². The molecule has 1 amide bonds. The van der Waals surface area contributed by atoms with Gasteiger partial charge in [0.15, 0.2) is 0 Å². The van der Waals surface area contributed by atoms with Crippen LogP contribution in [0.2, 0.25) is 0 Å². The van der Waals surface area contributed by atoms with Crippen molar-refractivity contribution in [3.63, 3.8) is 0 Å². The lowest BCUT2D eigenvalue weighted by molar-refractivity contribution is -0.148. The van der Waals surface area contributed by atoms with Crippen molar-refractivity contribution < 1.29 is 24.5 Å². The first-order chi connectivity index (χ1) is 29.0. The third kappa shape index (κ3) is 41.8. The van der Waals surface area contributed by atoms with Crippen LogP contribution in [0, 0.1) is 0 Å². The van der Waals surface area contributed by atoms with Crippen LogP contribution in [0.3, 0.4) is 0 Å². The largest absolute Gasteiger partial charge is 0.458 e. The molecule has 3 N–H and O–H groups in total. The lowest BCUT2D eigenvalue weighted by Crippen LogP contribution is -2.46. The molecule has 0 saturated heterocycles. The van der Waals surface area contributed by atoms with E-state index in [0.29, 0.717) is 19.3 Å². The second-order valence-electron chi connectivity index (χ2n) is 16.5. The Kier molecular flexibility index (Phi) is 44.2. The molecule has 0 aromatic carbocycles. The minimum atomic E-state index is -0.820. The number of carbonyl (C=O) groups excluding carboxylic acids is 2. The number of carbonyl (C=O) groups is 2. The highest BCUT2D eigenvalue weighted by Crippen LogP contribution is 2.16. The minimum Gasteiger partial charge on any atom is -0.458 e. The number of aliphatic hydroxyl groups is 2. The van der Waals surface area contributed by atoms with E-state index in [1.165, 1.54) is 109 Å². The highest BCUT2D eigenvalue weighted by Gasteiger charge is 2.23. The molecule has 0 aliphatic carbocycles. The second kappa shape index (κ2) is 46.4. The Morgan fingerprint density at radius 1 is 0.508 bits per heavy atom. The van der Waals surface area contributed by atoms with Crippen molar-refractivity contribution >= 4 is 11.9 Å². The predicted octanol–water partition coefficient (Wildman–Crippen LogP) is 14.6. The van der Waals surface area contributed by atoms with Crippen LogP contribution in [0.1, 0.15) is 226 Å². The highest BCUT2D eigenvalue weighted by atomic mass is 16.5. The number of esters is 1. The summed E-state index contributed by atoms with van der Waals surface area (Å²) in [5, 5.41) is 23.6. The molecule has 0 aromatic rings. The Hall–Kier alpha value is -2.70. The van der Waals surface area contributed by atoms with Gasteiger partial charge in [0.25, 0.3) is 0 Å². The fraction of sp³-hybridized carbons (Fsp3) is 0.736. The molecule has 3 unspecified atom stereocenters. The molecule has 0 aromatic heterocycles. The Bertz CT molecular complexity index is 1110. The van der Waals surface area contributed by atoms with Gasteiger partial charge in [-0.25, -0.2) is 0 Å². The number of nitrogens with one attached hydrogen (secondary N) is 1. The van der Waals surface area contributed by atoms with Crippen LogP contribution in [0.15, 0.2) is 72.9 Å². The third-order valence-corrected chi connectivity index (χ3v) is 10.8. The van der Waals surface area contributed by atoms with Crippen molar-refractivity contribution in [1.29, 1.82) is 0 Å². The van der Waals surface area contributed by atoms with Crippen LogP contribution >= 0.6 is 0 Å². The number of hydrogen-bond acceptors (Lipinski definition) is 5. The maximum absolute atomic E-state index is 13.1. The molecular formula is C53H93NO5. The number of hydrogen-bond donors (Lipinski definition) is 3. The number of aliphatic hydroxyl groups excluding tert-OH is 2. The van der Waals surface area contributed by atoms with Crippen LogP contribution in [-0.4, -0.2) is 46.9 Å². The summed E-state index contributed by atoms with van der Waals surface area (Å²) in [5.41, 5.74) is 0. The summed E-state index contributed by atoms with van der Waals surface area (Å²) in [7, 11) is 0. The zero-order valence-corrected chi connectivity index (χ0v) is 38.6. The summed E-state index contributed by atoms with van der Waals surface area (Å²) in [4.78, 5) is 26.0. The van der Waals surface area contributed by atoms with E-state index in [1.807, 2.05) is 6.08 Å². The summed E-state index contributed by atoms with van der Waals surface area (Å²) in [6, 6.07) is -0.743. The molecule has 3 atom stereocenters. The van der Waals surface area contributed by atoms with Gasteiger partial charge in [-0.1, -0.05) is 229 Å². The average molecular weight is 824 g/mol. The Labute approximate surface area is 364 Å². The number of allylic oxidation sites excluding steroid dienone is 11. The van der Waals surface area contributed by atoms with Crippen LogP contribution in [0.5, 0.6) is 0 Å². The van der Waals surface area contributed by atoms with Crippen molar-refractivity contribution in [2.45, 2.75) is 244 Å². The summed E-state index contributed by atoms with van der Waals surface area (Å²) < 4.78 is 5.80. The highest BCUT2D eigenvalue weighted by molar-refractivity contribution is 5.78. The van der Waals surface area contributed by atoms with Gasteiger partial charge in [-0.05, 0) is 57.4 Å². The number of rotatable bonds is 43.